The van der Waals surface area contributed by atoms with Crippen molar-refractivity contribution in [3.63, 3.8) is 0 Å². The molecule has 0 bridgehead atoms. The molecule has 4 heteroatoms. The smallest absolute Gasteiger partial charge is 0.160 e. The first-order valence-electron chi connectivity index (χ1n) is 7.00. The second kappa shape index (κ2) is 8.05. The molecule has 0 atom stereocenters. The van der Waals surface area contributed by atoms with Crippen LogP contribution in [0.5, 0.6) is 11.5 Å². The van der Waals surface area contributed by atoms with Crippen LogP contribution in [0, 0.1) is 0 Å². The molecule has 0 radical (unpaired) electrons. The minimum atomic E-state index is 0.776. The molecule has 0 unspecified atom stereocenters. The van der Waals surface area contributed by atoms with E-state index in [1.165, 1.54) is 15.6 Å². The molecule has 0 heterocycles. The SMILES string of the molecule is COc1ccc(CC[NH2+]Cc2ccccc2Br)cc1OC. The molecule has 0 aromatic heterocycles. The minimum absolute atomic E-state index is 0.776. The third kappa shape index (κ3) is 4.48. The van der Waals surface area contributed by atoms with E-state index in [0.717, 1.165) is 31.0 Å². The zero-order valence-corrected chi connectivity index (χ0v) is 14.0. The lowest BCUT2D eigenvalue weighted by atomic mass is 10.1. The molecule has 0 spiro atoms. The molecule has 0 aliphatic heterocycles. The number of halogens is 1. The van der Waals surface area contributed by atoms with Crippen LogP contribution in [-0.2, 0) is 13.0 Å². The van der Waals surface area contributed by atoms with Gasteiger partial charge in [0.2, 0.25) is 0 Å². The van der Waals surface area contributed by atoms with Crippen molar-refractivity contribution in [3.8, 4) is 11.5 Å². The maximum atomic E-state index is 5.33. The Morgan fingerprint density at radius 2 is 1.76 bits per heavy atom. The Hall–Kier alpha value is -1.52. The number of rotatable bonds is 7. The fraction of sp³-hybridized carbons (Fsp3) is 0.294. The molecule has 2 N–H and O–H groups in total. The van der Waals surface area contributed by atoms with E-state index in [9.17, 15) is 0 Å². The van der Waals surface area contributed by atoms with Gasteiger partial charge in [-0.2, -0.15) is 0 Å². The molecule has 2 aromatic rings. The first-order chi connectivity index (χ1) is 10.2. The van der Waals surface area contributed by atoms with Gasteiger partial charge in [-0.05, 0) is 23.8 Å². The maximum absolute atomic E-state index is 5.33. The van der Waals surface area contributed by atoms with Crippen LogP contribution >= 0.6 is 15.9 Å². The summed E-state index contributed by atoms with van der Waals surface area (Å²) < 4.78 is 11.8. The fourth-order valence-corrected chi connectivity index (χ4v) is 2.67. The highest BCUT2D eigenvalue weighted by atomic mass is 79.9. The average Bonchev–Trinajstić information content (AvgIpc) is 2.52. The van der Waals surface area contributed by atoms with Gasteiger partial charge >= 0.3 is 0 Å². The fourth-order valence-electron chi connectivity index (χ4n) is 2.23. The van der Waals surface area contributed by atoms with Crippen molar-refractivity contribution in [1.82, 2.24) is 0 Å². The summed E-state index contributed by atoms with van der Waals surface area (Å²) in [5.74, 6) is 1.57. The van der Waals surface area contributed by atoms with Crippen LogP contribution in [0.4, 0.5) is 0 Å². The largest absolute Gasteiger partial charge is 0.493 e. The van der Waals surface area contributed by atoms with Crippen LogP contribution in [-0.4, -0.2) is 20.8 Å². The summed E-state index contributed by atoms with van der Waals surface area (Å²) in [5, 5.41) is 2.32. The van der Waals surface area contributed by atoms with Gasteiger partial charge in [0, 0.05) is 16.5 Å². The van der Waals surface area contributed by atoms with Crippen molar-refractivity contribution in [2.45, 2.75) is 13.0 Å². The highest BCUT2D eigenvalue weighted by molar-refractivity contribution is 9.10. The Morgan fingerprint density at radius 1 is 1.00 bits per heavy atom. The Kier molecular flexibility index (Phi) is 6.08. The van der Waals surface area contributed by atoms with E-state index in [-0.39, 0.29) is 0 Å². The monoisotopic (exact) mass is 350 g/mol. The number of quaternary nitrogens is 1. The van der Waals surface area contributed by atoms with Crippen molar-refractivity contribution >= 4 is 15.9 Å². The zero-order chi connectivity index (χ0) is 15.1. The lowest BCUT2D eigenvalue weighted by Crippen LogP contribution is -2.83. The number of methoxy groups -OCH3 is 2. The quantitative estimate of drug-likeness (QED) is 0.779. The molecule has 2 aromatic carbocycles. The van der Waals surface area contributed by atoms with Crippen molar-refractivity contribution in [3.05, 3.63) is 58.1 Å². The van der Waals surface area contributed by atoms with Crippen molar-refractivity contribution in [2.75, 3.05) is 20.8 Å². The van der Waals surface area contributed by atoms with E-state index in [1.54, 1.807) is 14.2 Å². The molecule has 0 fully saturated rings. The molecular formula is C17H21BrNO2+. The van der Waals surface area contributed by atoms with Gasteiger partial charge in [-0.1, -0.05) is 40.2 Å². The van der Waals surface area contributed by atoms with E-state index in [0.29, 0.717) is 0 Å². The third-order valence-electron chi connectivity index (χ3n) is 3.41. The van der Waals surface area contributed by atoms with Crippen LogP contribution in [0.3, 0.4) is 0 Å². The van der Waals surface area contributed by atoms with E-state index in [2.05, 4.69) is 45.5 Å². The molecule has 0 amide bonds. The molecule has 0 aliphatic rings. The Balaban J connectivity index is 1.85. The molecule has 3 nitrogen and oxygen atoms in total. The molecule has 0 aliphatic carbocycles. The topological polar surface area (TPSA) is 35.1 Å². The van der Waals surface area contributed by atoms with E-state index >= 15 is 0 Å². The summed E-state index contributed by atoms with van der Waals surface area (Å²) in [6, 6.07) is 14.4. The van der Waals surface area contributed by atoms with Gasteiger partial charge in [-0.15, -0.1) is 0 Å². The number of benzene rings is 2. The van der Waals surface area contributed by atoms with Crippen molar-refractivity contribution in [2.24, 2.45) is 0 Å². The van der Waals surface area contributed by atoms with Crippen molar-refractivity contribution < 1.29 is 14.8 Å². The molecular weight excluding hydrogens is 330 g/mol. The first-order valence-corrected chi connectivity index (χ1v) is 7.80. The summed E-state index contributed by atoms with van der Waals surface area (Å²) in [6.45, 7) is 2.02. The normalized spacial score (nSPS) is 10.4. The molecule has 21 heavy (non-hydrogen) atoms. The lowest BCUT2D eigenvalue weighted by Gasteiger charge is -2.09. The highest BCUT2D eigenvalue weighted by Gasteiger charge is 2.05. The Morgan fingerprint density at radius 3 is 2.48 bits per heavy atom. The summed E-state index contributed by atoms with van der Waals surface area (Å²) >= 11 is 3.58. The van der Waals surface area contributed by atoms with Gasteiger partial charge in [-0.3, -0.25) is 0 Å². The maximum Gasteiger partial charge on any atom is 0.160 e. The molecule has 2 rings (SSSR count). The van der Waals surface area contributed by atoms with Gasteiger partial charge < -0.3 is 14.8 Å². The van der Waals surface area contributed by atoms with E-state index in [4.69, 9.17) is 9.47 Å². The van der Waals surface area contributed by atoms with Crippen LogP contribution in [0.15, 0.2) is 46.9 Å². The van der Waals surface area contributed by atoms with Crippen LogP contribution in [0.25, 0.3) is 0 Å². The van der Waals surface area contributed by atoms with Crippen LogP contribution < -0.4 is 14.8 Å². The van der Waals surface area contributed by atoms with Gasteiger partial charge in [-0.25, -0.2) is 0 Å². The van der Waals surface area contributed by atoms with E-state index in [1.807, 2.05) is 18.2 Å². The standard InChI is InChI=1S/C17H20BrNO2/c1-20-16-8-7-13(11-17(16)21-2)9-10-19-12-14-5-3-4-6-15(14)18/h3-8,11,19H,9-10,12H2,1-2H3/p+1. The first kappa shape index (κ1) is 15.9. The van der Waals surface area contributed by atoms with Crippen LogP contribution in [0.1, 0.15) is 11.1 Å². The zero-order valence-electron chi connectivity index (χ0n) is 12.4. The van der Waals surface area contributed by atoms with E-state index < -0.39 is 0 Å². The van der Waals surface area contributed by atoms with Gasteiger partial charge in [0.1, 0.15) is 6.54 Å². The lowest BCUT2D eigenvalue weighted by molar-refractivity contribution is -0.670. The number of ether oxygens (including phenoxy) is 2. The molecule has 0 saturated carbocycles. The summed E-state index contributed by atoms with van der Waals surface area (Å²) in [4.78, 5) is 0. The Bertz CT molecular complexity index is 587. The average molecular weight is 351 g/mol. The predicted molar refractivity (Wildman–Crippen MR) is 87.9 cm³/mol. The summed E-state index contributed by atoms with van der Waals surface area (Å²) in [5.41, 5.74) is 2.58. The minimum Gasteiger partial charge on any atom is -0.493 e. The highest BCUT2D eigenvalue weighted by Crippen LogP contribution is 2.27. The second-order valence-corrected chi connectivity index (χ2v) is 5.67. The number of hydrogen-bond donors (Lipinski definition) is 1. The third-order valence-corrected chi connectivity index (χ3v) is 4.18. The van der Waals surface area contributed by atoms with Crippen molar-refractivity contribution in [1.29, 1.82) is 0 Å². The van der Waals surface area contributed by atoms with Gasteiger partial charge in [0.25, 0.3) is 0 Å². The van der Waals surface area contributed by atoms with Gasteiger partial charge in [0.05, 0.1) is 20.8 Å². The number of hydrogen-bond acceptors (Lipinski definition) is 2. The predicted octanol–water partition coefficient (Wildman–Crippen LogP) is 2.77. The summed E-state index contributed by atoms with van der Waals surface area (Å²) in [7, 11) is 3.32. The summed E-state index contributed by atoms with van der Waals surface area (Å²) in [6.07, 6.45) is 1.00. The molecule has 112 valence electrons. The number of nitrogens with two attached hydrogens (primary N) is 1. The molecule has 0 saturated heterocycles. The van der Waals surface area contributed by atoms with Gasteiger partial charge in [0.15, 0.2) is 11.5 Å². The van der Waals surface area contributed by atoms with Crippen LogP contribution in [0.2, 0.25) is 0 Å². The second-order valence-electron chi connectivity index (χ2n) is 4.81. The Labute approximate surface area is 134 Å².